The lowest BCUT2D eigenvalue weighted by Crippen LogP contribution is -2.70. The fraction of sp³-hybridized carbons (Fsp3) is 0.538. The van der Waals surface area contributed by atoms with Crippen LogP contribution in [-0.4, -0.2) is 32.3 Å². The van der Waals surface area contributed by atoms with Crippen LogP contribution < -0.4 is 5.56 Å². The van der Waals surface area contributed by atoms with Gasteiger partial charge in [0.15, 0.2) is 5.65 Å². The summed E-state index contributed by atoms with van der Waals surface area (Å²) in [6, 6.07) is 5.33. The molecule has 9 heteroatoms. The van der Waals surface area contributed by atoms with Crippen molar-refractivity contribution in [1.82, 2.24) is 19.5 Å². The molecule has 35 heavy (non-hydrogen) atoms. The summed E-state index contributed by atoms with van der Waals surface area (Å²) in [6.45, 7) is 4.28. The van der Waals surface area contributed by atoms with E-state index in [-0.39, 0.29) is 36.8 Å². The Morgan fingerprint density at radius 1 is 1.09 bits per heavy atom. The van der Waals surface area contributed by atoms with E-state index in [0.29, 0.717) is 24.2 Å². The molecule has 2 unspecified atom stereocenters. The first kappa shape index (κ1) is 22.6. The summed E-state index contributed by atoms with van der Waals surface area (Å²) in [5.41, 5.74) is 3.20. The van der Waals surface area contributed by atoms with E-state index in [1.807, 2.05) is 19.9 Å². The highest BCUT2D eigenvalue weighted by atomic mass is 19.4. The number of fused-ring (bicyclic) bond motifs is 1. The summed E-state index contributed by atoms with van der Waals surface area (Å²) in [6.07, 6.45) is -0.768. The van der Waals surface area contributed by atoms with Crippen molar-refractivity contribution in [1.29, 1.82) is 0 Å². The molecule has 4 heterocycles. The largest absolute Gasteiger partial charge is 0.394 e. The molecule has 1 saturated heterocycles. The number of aromatic nitrogens is 4. The first-order valence-electron chi connectivity index (χ1n) is 12.0. The third-order valence-corrected chi connectivity index (χ3v) is 8.46. The summed E-state index contributed by atoms with van der Waals surface area (Å²) in [5, 5.41) is 0. The molecule has 3 saturated carbocycles. The van der Waals surface area contributed by atoms with Crippen LogP contribution in [0, 0.1) is 19.3 Å². The maximum atomic E-state index is 13.6. The summed E-state index contributed by atoms with van der Waals surface area (Å²) in [5.74, 6) is 0.0708. The van der Waals surface area contributed by atoms with Crippen LogP contribution in [0.15, 0.2) is 29.2 Å². The lowest BCUT2D eigenvalue weighted by Gasteiger charge is -2.70. The van der Waals surface area contributed by atoms with Gasteiger partial charge in [-0.25, -0.2) is 15.0 Å². The van der Waals surface area contributed by atoms with Crippen molar-refractivity contribution in [3.05, 3.63) is 63.0 Å². The highest BCUT2D eigenvalue weighted by molar-refractivity contribution is 5.77. The smallest absolute Gasteiger partial charge is 0.373 e. The quantitative estimate of drug-likeness (QED) is 0.526. The van der Waals surface area contributed by atoms with Crippen molar-refractivity contribution in [2.75, 3.05) is 6.61 Å². The first-order chi connectivity index (χ1) is 16.5. The lowest BCUT2D eigenvalue weighted by molar-refractivity contribution is -0.336. The topological polar surface area (TPSA) is 69.9 Å². The molecule has 0 spiro atoms. The Labute approximate surface area is 200 Å². The van der Waals surface area contributed by atoms with E-state index >= 15 is 0 Å². The summed E-state index contributed by atoms with van der Waals surface area (Å²) in [4.78, 5) is 26.1. The van der Waals surface area contributed by atoms with Gasteiger partial charge in [-0.1, -0.05) is 0 Å². The summed E-state index contributed by atoms with van der Waals surface area (Å²) in [7, 11) is 1.71. The van der Waals surface area contributed by atoms with Gasteiger partial charge in [0.25, 0.3) is 0 Å². The summed E-state index contributed by atoms with van der Waals surface area (Å²) >= 11 is 0. The van der Waals surface area contributed by atoms with Crippen molar-refractivity contribution in [3.63, 3.8) is 0 Å². The maximum absolute atomic E-state index is 13.6. The molecule has 7 rings (SSSR count). The average Bonchev–Trinajstić information content (AvgIpc) is 2.74. The fourth-order valence-corrected chi connectivity index (χ4v) is 6.31. The minimum absolute atomic E-state index is 0.0708. The van der Waals surface area contributed by atoms with Crippen LogP contribution in [-0.2, 0) is 17.2 Å². The zero-order chi connectivity index (χ0) is 24.8. The number of ether oxygens (including phenoxy) is 1. The van der Waals surface area contributed by atoms with Gasteiger partial charge in [-0.3, -0.25) is 4.79 Å². The predicted octanol–water partition coefficient (Wildman–Crippen LogP) is 4.96. The molecule has 3 aromatic heterocycles. The Kier molecular flexibility index (Phi) is 4.75. The third-order valence-electron chi connectivity index (χ3n) is 8.46. The molecule has 0 amide bonds. The number of hydrogen-bond donors (Lipinski definition) is 0. The van der Waals surface area contributed by atoms with Crippen molar-refractivity contribution < 1.29 is 17.9 Å². The van der Waals surface area contributed by atoms with Gasteiger partial charge in [0.2, 0.25) is 5.56 Å². The average molecular weight is 485 g/mol. The predicted molar refractivity (Wildman–Crippen MR) is 123 cm³/mol. The molecule has 0 aromatic carbocycles. The molecule has 2 bridgehead atoms. The number of halogens is 3. The van der Waals surface area contributed by atoms with Crippen LogP contribution in [0.1, 0.15) is 72.3 Å². The Balaban J connectivity index is 1.38. The molecule has 0 N–H and O–H groups in total. The van der Waals surface area contributed by atoms with Crippen LogP contribution in [0.3, 0.4) is 0 Å². The Morgan fingerprint density at radius 2 is 1.80 bits per heavy atom. The first-order valence-corrected chi connectivity index (χ1v) is 12.0. The van der Waals surface area contributed by atoms with Crippen LogP contribution in [0.5, 0.6) is 0 Å². The number of rotatable bonds is 3. The van der Waals surface area contributed by atoms with Gasteiger partial charge in [-0.05, 0) is 69.2 Å². The molecule has 184 valence electrons. The Morgan fingerprint density at radius 3 is 2.49 bits per heavy atom. The second-order valence-electron chi connectivity index (χ2n) is 10.7. The molecular formula is C26H27F3N4O2. The standard InChI is InChI=1S/C26H27F3N4O2/c1-14-15(2)31-23-22(30-14)18(24-11-25(12-24,13-24)26(27,28)29)9-19(32-23)16-6-7-35-20(8-16)17-4-5-21(34)33(3)10-17/h4-5,9-10,16,20H,6-8,11-13H2,1-3H3. The van der Waals surface area contributed by atoms with Gasteiger partial charge in [-0.2, -0.15) is 13.2 Å². The molecule has 3 aromatic rings. The SMILES string of the molecule is Cc1nc2nc(C3CCOC(c4ccc(=O)n(C)c4)C3)cc(C34CC(C(F)(F)F)(C3)C4)c2nc1C. The molecule has 4 fully saturated rings. The molecule has 2 atom stereocenters. The van der Waals surface area contributed by atoms with E-state index in [4.69, 9.17) is 14.7 Å². The van der Waals surface area contributed by atoms with E-state index in [1.54, 1.807) is 19.3 Å². The molecule has 3 aliphatic carbocycles. The number of pyridine rings is 2. The minimum atomic E-state index is -4.16. The second kappa shape index (κ2) is 7.35. The minimum Gasteiger partial charge on any atom is -0.373 e. The molecular weight excluding hydrogens is 457 g/mol. The van der Waals surface area contributed by atoms with E-state index in [1.165, 1.54) is 10.6 Å². The normalized spacial score (nSPS) is 30.1. The van der Waals surface area contributed by atoms with E-state index in [0.717, 1.165) is 34.6 Å². The van der Waals surface area contributed by atoms with Crippen LogP contribution >= 0.6 is 0 Å². The molecule has 6 nitrogen and oxygen atoms in total. The lowest BCUT2D eigenvalue weighted by atomic mass is 9.33. The maximum Gasteiger partial charge on any atom is 0.394 e. The van der Waals surface area contributed by atoms with Crippen molar-refractivity contribution in [2.24, 2.45) is 12.5 Å². The fourth-order valence-electron chi connectivity index (χ4n) is 6.31. The van der Waals surface area contributed by atoms with E-state index in [2.05, 4.69) is 4.98 Å². The zero-order valence-corrected chi connectivity index (χ0v) is 19.9. The van der Waals surface area contributed by atoms with Crippen LogP contribution in [0.2, 0.25) is 0 Å². The van der Waals surface area contributed by atoms with E-state index in [9.17, 15) is 18.0 Å². The van der Waals surface area contributed by atoms with E-state index < -0.39 is 17.0 Å². The van der Waals surface area contributed by atoms with Gasteiger partial charge in [0, 0.05) is 42.9 Å². The number of nitrogens with zero attached hydrogens (tertiary/aromatic N) is 4. The highest BCUT2D eigenvalue weighted by Gasteiger charge is 2.79. The monoisotopic (exact) mass is 484 g/mol. The Hall–Kier alpha value is -2.81. The number of alkyl halides is 3. The van der Waals surface area contributed by atoms with Gasteiger partial charge < -0.3 is 9.30 Å². The second-order valence-corrected chi connectivity index (χ2v) is 10.7. The van der Waals surface area contributed by atoms with Gasteiger partial charge >= 0.3 is 6.18 Å². The third kappa shape index (κ3) is 3.34. The van der Waals surface area contributed by atoms with Gasteiger partial charge in [0.1, 0.15) is 5.52 Å². The summed E-state index contributed by atoms with van der Waals surface area (Å²) < 4.78 is 48.3. The van der Waals surface area contributed by atoms with Crippen molar-refractivity contribution in [2.45, 2.75) is 69.6 Å². The highest BCUT2D eigenvalue weighted by Crippen LogP contribution is 2.79. The van der Waals surface area contributed by atoms with Crippen molar-refractivity contribution >= 4 is 11.2 Å². The Bertz CT molecular complexity index is 1390. The zero-order valence-electron chi connectivity index (χ0n) is 19.9. The van der Waals surface area contributed by atoms with Crippen LogP contribution in [0.25, 0.3) is 11.2 Å². The number of aryl methyl sites for hydroxylation is 3. The van der Waals surface area contributed by atoms with Crippen molar-refractivity contribution in [3.8, 4) is 0 Å². The van der Waals surface area contributed by atoms with Gasteiger partial charge in [-0.15, -0.1) is 0 Å². The molecule has 4 aliphatic rings. The number of hydrogen-bond acceptors (Lipinski definition) is 5. The van der Waals surface area contributed by atoms with Gasteiger partial charge in [0.05, 0.1) is 22.9 Å². The molecule has 1 aliphatic heterocycles. The van der Waals surface area contributed by atoms with Crippen LogP contribution in [0.4, 0.5) is 13.2 Å². The molecule has 0 radical (unpaired) electrons.